The minimum absolute atomic E-state index is 0.231. The van der Waals surface area contributed by atoms with Gasteiger partial charge in [-0.2, -0.15) is 0 Å². The summed E-state index contributed by atoms with van der Waals surface area (Å²) in [6.45, 7) is 0.915. The molecule has 0 aliphatic rings. The van der Waals surface area contributed by atoms with Gasteiger partial charge in [0.25, 0.3) is 0 Å². The molecule has 0 bridgehead atoms. The maximum Gasteiger partial charge on any atom is 0.177 e. The van der Waals surface area contributed by atoms with E-state index in [1.165, 1.54) is 6.26 Å². The zero-order valence-corrected chi connectivity index (χ0v) is 10.5. The molecule has 3 N–H and O–H groups in total. The summed E-state index contributed by atoms with van der Waals surface area (Å²) in [5.74, 6) is 0. The Balaban J connectivity index is 2.91. The van der Waals surface area contributed by atoms with Crippen molar-refractivity contribution in [3.63, 3.8) is 0 Å². The first-order chi connectivity index (χ1) is 7.45. The van der Waals surface area contributed by atoms with Crippen LogP contribution in [0.25, 0.3) is 0 Å². The highest BCUT2D eigenvalue weighted by Gasteiger charge is 2.11. The van der Waals surface area contributed by atoms with Crippen molar-refractivity contribution in [2.24, 2.45) is 0 Å². The fraction of sp³-hybridized carbons (Fsp3) is 0.455. The average molecular weight is 242 g/mol. The third kappa shape index (κ3) is 3.50. The highest BCUT2D eigenvalue weighted by molar-refractivity contribution is 7.90. The van der Waals surface area contributed by atoms with Crippen LogP contribution in [0.2, 0.25) is 0 Å². The number of hydrogen-bond acceptors (Lipinski definition) is 4. The topological polar surface area (TPSA) is 72.2 Å². The van der Waals surface area contributed by atoms with E-state index in [9.17, 15) is 8.42 Å². The standard InChI is InChI=1S/C11H18N2O2S/c1-13-7-3-4-9-5-6-10(12)11(8-9)16(2,14)15/h5-6,8,13H,3-4,7,12H2,1-2H3. The second-order valence-corrected chi connectivity index (χ2v) is 5.84. The Labute approximate surface area is 96.8 Å². The van der Waals surface area contributed by atoms with Crippen molar-refractivity contribution in [2.45, 2.75) is 17.7 Å². The molecule has 0 saturated carbocycles. The average Bonchev–Trinajstić information content (AvgIpc) is 2.19. The van der Waals surface area contributed by atoms with E-state index in [1.54, 1.807) is 12.1 Å². The molecule has 0 saturated heterocycles. The molecule has 0 aromatic heterocycles. The molecule has 16 heavy (non-hydrogen) atoms. The fourth-order valence-corrected chi connectivity index (χ4v) is 2.39. The normalized spacial score (nSPS) is 11.6. The summed E-state index contributed by atoms with van der Waals surface area (Å²) in [7, 11) is -1.33. The maximum atomic E-state index is 11.4. The number of sulfone groups is 1. The molecule has 0 unspecified atom stereocenters. The number of hydrogen-bond donors (Lipinski definition) is 2. The molecule has 0 heterocycles. The Kier molecular flexibility index (Phi) is 4.32. The van der Waals surface area contributed by atoms with Crippen molar-refractivity contribution in [3.8, 4) is 0 Å². The van der Waals surface area contributed by atoms with Crippen molar-refractivity contribution < 1.29 is 8.42 Å². The second-order valence-electron chi connectivity index (χ2n) is 3.85. The van der Waals surface area contributed by atoms with E-state index in [0.29, 0.717) is 5.69 Å². The molecule has 0 aliphatic carbocycles. The monoisotopic (exact) mass is 242 g/mol. The number of anilines is 1. The molecule has 4 nitrogen and oxygen atoms in total. The second kappa shape index (κ2) is 5.32. The van der Waals surface area contributed by atoms with Crippen LogP contribution in [0.4, 0.5) is 5.69 Å². The van der Waals surface area contributed by atoms with Gasteiger partial charge in [0.1, 0.15) is 0 Å². The summed E-state index contributed by atoms with van der Waals surface area (Å²) in [6.07, 6.45) is 3.00. The summed E-state index contributed by atoms with van der Waals surface area (Å²) >= 11 is 0. The smallest absolute Gasteiger partial charge is 0.177 e. The summed E-state index contributed by atoms with van der Waals surface area (Å²) in [5.41, 5.74) is 6.96. The minimum Gasteiger partial charge on any atom is -0.398 e. The zero-order chi connectivity index (χ0) is 12.2. The first-order valence-corrected chi connectivity index (χ1v) is 7.07. The first-order valence-electron chi connectivity index (χ1n) is 5.18. The maximum absolute atomic E-state index is 11.4. The molecule has 0 amide bonds. The van der Waals surface area contributed by atoms with Crippen LogP contribution in [0.1, 0.15) is 12.0 Å². The van der Waals surface area contributed by atoms with E-state index < -0.39 is 9.84 Å². The quantitative estimate of drug-likeness (QED) is 0.592. The van der Waals surface area contributed by atoms with Gasteiger partial charge in [-0.15, -0.1) is 0 Å². The predicted octanol–water partition coefficient (Wildman–Crippen LogP) is 0.824. The molecule has 0 atom stereocenters. The third-order valence-electron chi connectivity index (χ3n) is 2.37. The van der Waals surface area contributed by atoms with E-state index in [4.69, 9.17) is 5.73 Å². The summed E-state index contributed by atoms with van der Waals surface area (Å²) in [5, 5.41) is 3.05. The Morgan fingerprint density at radius 3 is 2.62 bits per heavy atom. The highest BCUT2D eigenvalue weighted by atomic mass is 32.2. The fourth-order valence-electron chi connectivity index (χ4n) is 1.52. The molecule has 1 aromatic rings. The number of nitrogen functional groups attached to an aromatic ring is 1. The molecule has 0 radical (unpaired) electrons. The van der Waals surface area contributed by atoms with Crippen molar-refractivity contribution in [3.05, 3.63) is 23.8 Å². The summed E-state index contributed by atoms with van der Waals surface area (Å²) < 4.78 is 22.9. The highest BCUT2D eigenvalue weighted by Crippen LogP contribution is 2.20. The van der Waals surface area contributed by atoms with Gasteiger partial charge in [0, 0.05) is 6.26 Å². The van der Waals surface area contributed by atoms with Crippen LogP contribution < -0.4 is 11.1 Å². The largest absolute Gasteiger partial charge is 0.398 e. The van der Waals surface area contributed by atoms with Crippen LogP contribution in [0, 0.1) is 0 Å². The Morgan fingerprint density at radius 2 is 2.06 bits per heavy atom. The molecule has 1 rings (SSSR count). The molecule has 5 heteroatoms. The molecule has 1 aromatic carbocycles. The molecule has 0 spiro atoms. The van der Waals surface area contributed by atoms with Crippen molar-refractivity contribution >= 4 is 15.5 Å². The molecule has 0 aliphatic heterocycles. The van der Waals surface area contributed by atoms with Crippen LogP contribution in [-0.4, -0.2) is 28.3 Å². The van der Waals surface area contributed by atoms with Gasteiger partial charge in [-0.1, -0.05) is 6.07 Å². The van der Waals surface area contributed by atoms with E-state index in [0.717, 1.165) is 24.9 Å². The van der Waals surface area contributed by atoms with Gasteiger partial charge < -0.3 is 11.1 Å². The Hall–Kier alpha value is -1.07. The number of aryl methyl sites for hydroxylation is 1. The van der Waals surface area contributed by atoms with E-state index in [-0.39, 0.29) is 4.90 Å². The van der Waals surface area contributed by atoms with Crippen LogP contribution in [-0.2, 0) is 16.3 Å². The summed E-state index contributed by atoms with van der Waals surface area (Å²) in [4.78, 5) is 0.231. The summed E-state index contributed by atoms with van der Waals surface area (Å²) in [6, 6.07) is 5.20. The lowest BCUT2D eigenvalue weighted by molar-refractivity contribution is 0.602. The Bertz CT molecular complexity index is 455. The van der Waals surface area contributed by atoms with Crippen LogP contribution in [0.5, 0.6) is 0 Å². The van der Waals surface area contributed by atoms with Crippen molar-refractivity contribution in [2.75, 3.05) is 25.6 Å². The van der Waals surface area contributed by atoms with Crippen LogP contribution in [0.15, 0.2) is 23.1 Å². The minimum atomic E-state index is -3.23. The lowest BCUT2D eigenvalue weighted by atomic mass is 10.1. The van der Waals surface area contributed by atoms with Crippen molar-refractivity contribution in [1.82, 2.24) is 5.32 Å². The predicted molar refractivity (Wildman–Crippen MR) is 66.2 cm³/mol. The lowest BCUT2D eigenvalue weighted by Gasteiger charge is -2.07. The van der Waals surface area contributed by atoms with Gasteiger partial charge in [0.05, 0.1) is 10.6 Å². The third-order valence-corrected chi connectivity index (χ3v) is 3.52. The number of nitrogens with two attached hydrogens (primary N) is 1. The van der Waals surface area contributed by atoms with Gasteiger partial charge >= 0.3 is 0 Å². The molecular weight excluding hydrogens is 224 g/mol. The number of nitrogens with one attached hydrogen (secondary N) is 1. The van der Waals surface area contributed by atoms with Crippen molar-refractivity contribution in [1.29, 1.82) is 0 Å². The van der Waals surface area contributed by atoms with Gasteiger partial charge in [0.15, 0.2) is 9.84 Å². The van der Waals surface area contributed by atoms with E-state index in [1.807, 2.05) is 13.1 Å². The van der Waals surface area contributed by atoms with E-state index in [2.05, 4.69) is 5.32 Å². The zero-order valence-electron chi connectivity index (χ0n) is 9.66. The Morgan fingerprint density at radius 1 is 1.38 bits per heavy atom. The van der Waals surface area contributed by atoms with Crippen LogP contribution >= 0.6 is 0 Å². The SMILES string of the molecule is CNCCCc1ccc(N)c(S(C)(=O)=O)c1. The van der Waals surface area contributed by atoms with Crippen LogP contribution in [0.3, 0.4) is 0 Å². The molecular formula is C11H18N2O2S. The number of rotatable bonds is 5. The van der Waals surface area contributed by atoms with Gasteiger partial charge in [-0.25, -0.2) is 8.42 Å². The number of benzene rings is 1. The van der Waals surface area contributed by atoms with Gasteiger partial charge in [-0.05, 0) is 44.1 Å². The first kappa shape index (κ1) is 13.0. The lowest BCUT2D eigenvalue weighted by Crippen LogP contribution is -2.09. The van der Waals surface area contributed by atoms with Gasteiger partial charge in [0.2, 0.25) is 0 Å². The molecule has 0 fully saturated rings. The van der Waals surface area contributed by atoms with E-state index >= 15 is 0 Å². The molecule has 90 valence electrons. The van der Waals surface area contributed by atoms with Gasteiger partial charge in [-0.3, -0.25) is 0 Å².